The normalized spacial score (nSPS) is 18.9. The number of nitrogens with zero attached hydrogens (tertiary/aromatic N) is 3. The average molecular weight is 362 g/mol. The predicted molar refractivity (Wildman–Crippen MR) is 104 cm³/mol. The molecule has 0 saturated carbocycles. The van der Waals surface area contributed by atoms with E-state index in [0.29, 0.717) is 12.0 Å². The lowest BCUT2D eigenvalue weighted by Gasteiger charge is -2.14. The first kappa shape index (κ1) is 17.6. The first-order valence-corrected chi connectivity index (χ1v) is 9.25. The Labute approximate surface area is 158 Å². The quantitative estimate of drug-likeness (QED) is 0.691. The maximum absolute atomic E-state index is 13.2. The number of halogens is 1. The van der Waals surface area contributed by atoms with Crippen LogP contribution in [0.5, 0.6) is 0 Å². The molecular weight excluding hydrogens is 339 g/mol. The van der Waals surface area contributed by atoms with Crippen molar-refractivity contribution in [3.8, 4) is 5.69 Å². The van der Waals surface area contributed by atoms with Gasteiger partial charge < -0.3 is 5.32 Å². The standard InChI is InChI=1S/C22H23FN4/c1-15-22(16(2)27(26-15)21-10-7-18(23)8-11-21)17-6-9-19(13-17)25-14-20-5-3-4-12-24-20/h3-12,17,19,25H,13-14H2,1-2H3/t17-,19-/m1/s1. The number of hydrogen-bond acceptors (Lipinski definition) is 3. The highest BCUT2D eigenvalue weighted by Gasteiger charge is 2.26. The Balaban J connectivity index is 1.48. The van der Waals surface area contributed by atoms with Crippen LogP contribution in [0.4, 0.5) is 4.39 Å². The van der Waals surface area contributed by atoms with E-state index in [9.17, 15) is 4.39 Å². The van der Waals surface area contributed by atoms with Crippen LogP contribution in [0.3, 0.4) is 0 Å². The minimum atomic E-state index is -0.235. The molecule has 0 bridgehead atoms. The van der Waals surface area contributed by atoms with Crippen LogP contribution in [0.25, 0.3) is 5.69 Å². The van der Waals surface area contributed by atoms with E-state index in [1.165, 1.54) is 17.7 Å². The van der Waals surface area contributed by atoms with E-state index in [-0.39, 0.29) is 5.82 Å². The first-order chi connectivity index (χ1) is 13.1. The second-order valence-corrected chi connectivity index (χ2v) is 7.01. The number of nitrogens with one attached hydrogen (secondary N) is 1. The van der Waals surface area contributed by atoms with Crippen LogP contribution >= 0.6 is 0 Å². The maximum atomic E-state index is 13.2. The largest absolute Gasteiger partial charge is 0.305 e. The van der Waals surface area contributed by atoms with Crippen molar-refractivity contribution in [2.75, 3.05) is 0 Å². The van der Waals surface area contributed by atoms with Crippen LogP contribution in [0.15, 0.2) is 60.8 Å². The minimum Gasteiger partial charge on any atom is -0.305 e. The number of allylic oxidation sites excluding steroid dienone is 1. The van der Waals surface area contributed by atoms with Crippen LogP contribution in [-0.4, -0.2) is 20.8 Å². The Morgan fingerprint density at radius 1 is 1.11 bits per heavy atom. The van der Waals surface area contributed by atoms with Gasteiger partial charge >= 0.3 is 0 Å². The third kappa shape index (κ3) is 3.69. The fourth-order valence-corrected chi connectivity index (χ4v) is 3.83. The molecule has 0 spiro atoms. The molecule has 0 amide bonds. The molecule has 3 aromatic rings. The number of aryl methyl sites for hydroxylation is 1. The van der Waals surface area contributed by atoms with Gasteiger partial charge in [-0.15, -0.1) is 0 Å². The SMILES string of the molecule is Cc1nn(-c2ccc(F)cc2)c(C)c1[C@@H]1C=C[C@@H](NCc2ccccn2)C1. The van der Waals surface area contributed by atoms with Crippen LogP contribution in [0.1, 0.15) is 35.0 Å². The van der Waals surface area contributed by atoms with Crippen molar-refractivity contribution >= 4 is 0 Å². The molecule has 27 heavy (non-hydrogen) atoms. The number of rotatable bonds is 5. The van der Waals surface area contributed by atoms with Crippen molar-refractivity contribution in [1.82, 2.24) is 20.1 Å². The second-order valence-electron chi connectivity index (χ2n) is 7.01. The summed E-state index contributed by atoms with van der Waals surface area (Å²) in [7, 11) is 0. The summed E-state index contributed by atoms with van der Waals surface area (Å²) < 4.78 is 15.1. The maximum Gasteiger partial charge on any atom is 0.123 e. The fourth-order valence-electron chi connectivity index (χ4n) is 3.83. The molecule has 1 aliphatic carbocycles. The van der Waals surface area contributed by atoms with Gasteiger partial charge in [0, 0.05) is 36.0 Å². The molecular formula is C22H23FN4. The van der Waals surface area contributed by atoms with Crippen LogP contribution in [0, 0.1) is 19.7 Å². The number of benzene rings is 1. The number of aromatic nitrogens is 3. The lowest BCUT2D eigenvalue weighted by Crippen LogP contribution is -2.25. The van der Waals surface area contributed by atoms with Crippen molar-refractivity contribution in [2.24, 2.45) is 0 Å². The molecule has 0 unspecified atom stereocenters. The van der Waals surface area contributed by atoms with Crippen LogP contribution < -0.4 is 5.32 Å². The van der Waals surface area contributed by atoms with Gasteiger partial charge in [-0.2, -0.15) is 5.10 Å². The van der Waals surface area contributed by atoms with Gasteiger partial charge in [0.1, 0.15) is 5.82 Å². The van der Waals surface area contributed by atoms with Crippen molar-refractivity contribution in [3.63, 3.8) is 0 Å². The smallest absolute Gasteiger partial charge is 0.123 e. The van der Waals surface area contributed by atoms with Gasteiger partial charge in [-0.3, -0.25) is 4.98 Å². The summed E-state index contributed by atoms with van der Waals surface area (Å²) >= 11 is 0. The van der Waals surface area contributed by atoms with Crippen molar-refractivity contribution in [3.05, 3.63) is 89.3 Å². The Morgan fingerprint density at radius 2 is 1.93 bits per heavy atom. The molecule has 2 aromatic heterocycles. The topological polar surface area (TPSA) is 42.7 Å². The van der Waals surface area contributed by atoms with Crippen LogP contribution in [0.2, 0.25) is 0 Å². The summed E-state index contributed by atoms with van der Waals surface area (Å²) in [5.41, 5.74) is 5.33. The Hall–Kier alpha value is -2.79. The molecule has 0 radical (unpaired) electrons. The lowest BCUT2D eigenvalue weighted by atomic mass is 9.96. The van der Waals surface area contributed by atoms with E-state index in [1.807, 2.05) is 36.0 Å². The fraction of sp³-hybridized carbons (Fsp3) is 0.273. The summed E-state index contributed by atoms with van der Waals surface area (Å²) in [6.07, 6.45) is 7.33. The summed E-state index contributed by atoms with van der Waals surface area (Å²) in [5.74, 6) is 0.0986. The molecule has 2 atom stereocenters. The molecule has 138 valence electrons. The van der Waals surface area contributed by atoms with Gasteiger partial charge in [-0.05, 0) is 56.7 Å². The third-order valence-electron chi connectivity index (χ3n) is 5.14. The Morgan fingerprint density at radius 3 is 2.67 bits per heavy atom. The Kier molecular flexibility index (Phi) is 4.86. The molecule has 2 heterocycles. The van der Waals surface area contributed by atoms with Gasteiger partial charge in [0.2, 0.25) is 0 Å². The molecule has 1 aliphatic rings. The monoisotopic (exact) mass is 362 g/mol. The molecule has 1 N–H and O–H groups in total. The third-order valence-corrected chi connectivity index (χ3v) is 5.14. The zero-order valence-corrected chi connectivity index (χ0v) is 15.6. The molecule has 0 aliphatic heterocycles. The summed E-state index contributed by atoms with van der Waals surface area (Å²) in [5, 5.41) is 8.27. The van der Waals surface area contributed by atoms with Gasteiger partial charge in [-0.25, -0.2) is 9.07 Å². The summed E-state index contributed by atoms with van der Waals surface area (Å²) in [6, 6.07) is 12.8. The average Bonchev–Trinajstić information content (AvgIpc) is 3.25. The van der Waals surface area contributed by atoms with E-state index >= 15 is 0 Å². The van der Waals surface area contributed by atoms with E-state index in [0.717, 1.165) is 35.7 Å². The molecule has 4 nitrogen and oxygen atoms in total. The van der Waals surface area contributed by atoms with Crippen molar-refractivity contribution in [2.45, 2.75) is 38.8 Å². The number of pyridine rings is 1. The van der Waals surface area contributed by atoms with E-state index in [2.05, 4.69) is 29.4 Å². The Bertz CT molecular complexity index is 944. The zero-order valence-electron chi connectivity index (χ0n) is 15.6. The van der Waals surface area contributed by atoms with Gasteiger partial charge in [-0.1, -0.05) is 18.2 Å². The van der Waals surface area contributed by atoms with Crippen molar-refractivity contribution < 1.29 is 4.39 Å². The van der Waals surface area contributed by atoms with Gasteiger partial charge in [0.05, 0.1) is 17.1 Å². The molecule has 5 heteroatoms. The summed E-state index contributed by atoms with van der Waals surface area (Å²) in [4.78, 5) is 4.36. The summed E-state index contributed by atoms with van der Waals surface area (Å²) in [6.45, 7) is 4.89. The molecule has 4 rings (SSSR count). The highest BCUT2D eigenvalue weighted by Crippen LogP contribution is 2.34. The molecule has 0 saturated heterocycles. The van der Waals surface area contributed by atoms with E-state index in [1.54, 1.807) is 12.1 Å². The molecule has 1 aromatic carbocycles. The van der Waals surface area contributed by atoms with E-state index < -0.39 is 0 Å². The highest BCUT2D eigenvalue weighted by atomic mass is 19.1. The zero-order chi connectivity index (χ0) is 18.8. The lowest BCUT2D eigenvalue weighted by molar-refractivity contribution is 0.554. The van der Waals surface area contributed by atoms with Gasteiger partial charge in [0.15, 0.2) is 0 Å². The minimum absolute atomic E-state index is 0.235. The van der Waals surface area contributed by atoms with Crippen molar-refractivity contribution in [1.29, 1.82) is 0 Å². The first-order valence-electron chi connectivity index (χ1n) is 9.25. The van der Waals surface area contributed by atoms with Crippen LogP contribution in [-0.2, 0) is 6.54 Å². The van der Waals surface area contributed by atoms with Gasteiger partial charge in [0.25, 0.3) is 0 Å². The second kappa shape index (κ2) is 7.45. The van der Waals surface area contributed by atoms with E-state index in [4.69, 9.17) is 5.10 Å². The number of hydrogen-bond donors (Lipinski definition) is 1. The molecule has 0 fully saturated rings. The highest BCUT2D eigenvalue weighted by molar-refractivity contribution is 5.41. The predicted octanol–water partition coefficient (Wildman–Crippen LogP) is 4.23.